The molecule has 12 heteroatoms. The third kappa shape index (κ3) is 10.0. The van der Waals surface area contributed by atoms with Crippen LogP contribution in [0.25, 0.3) is 0 Å². The summed E-state index contributed by atoms with van der Waals surface area (Å²) < 4.78 is 8.00. The molecule has 0 aliphatic carbocycles. The van der Waals surface area contributed by atoms with Crippen molar-refractivity contribution in [2.45, 2.75) is 78.5 Å². The Kier molecular flexibility index (Phi) is 11.4. The number of carbonyl (C=O) groups excluding carboxylic acids is 4. The number of ether oxygens (including phenoxy) is 1. The average Bonchev–Trinajstić information content (AvgIpc) is 3.29. The van der Waals surface area contributed by atoms with E-state index in [1.54, 1.807) is 27.8 Å². The lowest BCUT2D eigenvalue weighted by molar-refractivity contribution is -0.155. The summed E-state index contributed by atoms with van der Waals surface area (Å²) in [7, 11) is 1.63. The van der Waals surface area contributed by atoms with E-state index in [0.717, 1.165) is 12.8 Å². The Balaban J connectivity index is 2.16. The first-order valence-corrected chi connectivity index (χ1v) is 13.1. The molecule has 0 saturated heterocycles. The first kappa shape index (κ1) is 31.3. The minimum absolute atomic E-state index is 0.0626. The zero-order chi connectivity index (χ0) is 29.2. The molecule has 214 valence electrons. The van der Waals surface area contributed by atoms with Crippen molar-refractivity contribution >= 4 is 29.4 Å². The third-order valence-electron chi connectivity index (χ3n) is 6.06. The van der Waals surface area contributed by atoms with E-state index in [0.29, 0.717) is 12.5 Å². The smallest absolute Gasteiger partial charge is 0.306 e. The first-order chi connectivity index (χ1) is 18.3. The lowest BCUT2D eigenvalue weighted by Crippen LogP contribution is -2.45. The van der Waals surface area contributed by atoms with Crippen molar-refractivity contribution in [2.24, 2.45) is 13.0 Å². The van der Waals surface area contributed by atoms with Gasteiger partial charge in [0.2, 0.25) is 11.8 Å². The Morgan fingerprint density at radius 1 is 1.13 bits per heavy atom. The van der Waals surface area contributed by atoms with E-state index in [1.807, 2.05) is 0 Å². The molecule has 2 rings (SSSR count). The van der Waals surface area contributed by atoms with Gasteiger partial charge in [-0.25, -0.2) is 4.98 Å². The predicted molar refractivity (Wildman–Crippen MR) is 146 cm³/mol. The molecular weight excluding hydrogens is 504 g/mol. The lowest BCUT2D eigenvalue weighted by Gasteiger charge is -2.21. The minimum atomic E-state index is -1.16. The lowest BCUT2D eigenvalue weighted by atomic mass is 10.0. The van der Waals surface area contributed by atoms with Crippen LogP contribution in [0.2, 0.25) is 0 Å². The van der Waals surface area contributed by atoms with Crippen LogP contribution in [0.1, 0.15) is 70.8 Å². The van der Waals surface area contributed by atoms with E-state index in [-0.39, 0.29) is 36.7 Å². The van der Waals surface area contributed by atoms with Crippen molar-refractivity contribution in [3.8, 4) is 0 Å². The number of anilines is 1. The van der Waals surface area contributed by atoms with Crippen molar-refractivity contribution < 1.29 is 23.9 Å². The molecule has 0 aliphatic rings. The molecular formula is C27H40N6O6. The number of nitrogens with one attached hydrogen (secondary N) is 3. The van der Waals surface area contributed by atoms with Gasteiger partial charge in [0.25, 0.3) is 11.5 Å². The summed E-state index contributed by atoms with van der Waals surface area (Å²) >= 11 is 0. The SMILES string of the molecule is CCC(CC)CNC(=O)Cn1cccc(NC(=O)C(CCC(=O)OC(C)(C)C)NC(=O)c2cncn2C)c1=O. The van der Waals surface area contributed by atoms with Gasteiger partial charge in [0.1, 0.15) is 29.6 Å². The molecule has 12 nitrogen and oxygen atoms in total. The van der Waals surface area contributed by atoms with E-state index in [2.05, 4.69) is 34.8 Å². The zero-order valence-electron chi connectivity index (χ0n) is 23.6. The molecule has 0 radical (unpaired) electrons. The summed E-state index contributed by atoms with van der Waals surface area (Å²) in [5.41, 5.74) is -1.13. The summed E-state index contributed by atoms with van der Waals surface area (Å²) in [6.07, 6.45) is 5.91. The standard InChI is InChI=1S/C27H40N6O6/c1-7-18(8-2)14-29-22(34)16-33-13-9-10-20(26(33)38)31-24(36)19(11-12-23(35)39-27(3,4)5)30-25(37)21-15-28-17-32(21)6/h9-10,13,15,17-19H,7-8,11-12,14,16H2,1-6H3,(H,29,34)(H,30,37)(H,31,36). The van der Waals surface area contributed by atoms with E-state index < -0.39 is 35.0 Å². The second kappa shape index (κ2) is 14.3. The van der Waals surface area contributed by atoms with Gasteiger partial charge >= 0.3 is 5.97 Å². The second-order valence-electron chi connectivity index (χ2n) is 10.4. The highest BCUT2D eigenvalue weighted by Crippen LogP contribution is 2.12. The Morgan fingerprint density at radius 3 is 2.41 bits per heavy atom. The Bertz CT molecular complexity index is 1210. The zero-order valence-corrected chi connectivity index (χ0v) is 23.6. The van der Waals surface area contributed by atoms with Gasteiger partial charge in [0.15, 0.2) is 0 Å². The van der Waals surface area contributed by atoms with Crippen molar-refractivity contribution in [3.05, 3.63) is 46.9 Å². The molecule has 2 heterocycles. The third-order valence-corrected chi connectivity index (χ3v) is 6.06. The van der Waals surface area contributed by atoms with E-state index >= 15 is 0 Å². The minimum Gasteiger partial charge on any atom is -0.460 e. The highest BCUT2D eigenvalue weighted by Gasteiger charge is 2.26. The average molecular weight is 545 g/mol. The van der Waals surface area contributed by atoms with Crippen LogP contribution in [-0.2, 0) is 32.7 Å². The number of imidazole rings is 1. The summed E-state index contributed by atoms with van der Waals surface area (Å²) in [5.74, 6) is -1.75. The number of pyridine rings is 1. The molecule has 1 atom stereocenters. The Hall–Kier alpha value is -3.96. The van der Waals surface area contributed by atoms with Gasteiger partial charge in [-0.05, 0) is 45.2 Å². The Labute approximate surface area is 228 Å². The topological polar surface area (TPSA) is 153 Å². The van der Waals surface area contributed by atoms with E-state index in [9.17, 15) is 24.0 Å². The molecule has 2 aromatic rings. The number of carbonyl (C=O) groups is 4. The first-order valence-electron chi connectivity index (χ1n) is 13.1. The number of nitrogens with zero attached hydrogens (tertiary/aromatic N) is 3. The van der Waals surface area contributed by atoms with Crippen LogP contribution in [0.3, 0.4) is 0 Å². The highest BCUT2D eigenvalue weighted by atomic mass is 16.6. The number of esters is 1. The number of aryl methyl sites for hydroxylation is 1. The largest absolute Gasteiger partial charge is 0.460 e. The summed E-state index contributed by atoms with van der Waals surface area (Å²) in [6, 6.07) is 1.79. The maximum Gasteiger partial charge on any atom is 0.306 e. The number of hydrogen-bond donors (Lipinski definition) is 3. The fourth-order valence-electron chi connectivity index (χ4n) is 3.75. The van der Waals surface area contributed by atoms with Crippen LogP contribution in [0, 0.1) is 5.92 Å². The fraction of sp³-hybridized carbons (Fsp3) is 0.556. The van der Waals surface area contributed by atoms with Crippen LogP contribution in [0.4, 0.5) is 5.69 Å². The molecule has 0 saturated carbocycles. The van der Waals surface area contributed by atoms with Gasteiger partial charge in [-0.15, -0.1) is 0 Å². The highest BCUT2D eigenvalue weighted by molar-refractivity contribution is 6.00. The van der Waals surface area contributed by atoms with Gasteiger partial charge in [-0.2, -0.15) is 0 Å². The molecule has 0 aliphatic heterocycles. The molecule has 3 amide bonds. The molecule has 3 N–H and O–H groups in total. The van der Waals surface area contributed by atoms with Crippen molar-refractivity contribution in [1.29, 1.82) is 0 Å². The normalized spacial score (nSPS) is 12.1. The van der Waals surface area contributed by atoms with Crippen LogP contribution in [0.5, 0.6) is 0 Å². The molecule has 0 aromatic carbocycles. The fourth-order valence-corrected chi connectivity index (χ4v) is 3.75. The van der Waals surface area contributed by atoms with Crippen LogP contribution in [-0.4, -0.2) is 56.0 Å². The summed E-state index contributed by atoms with van der Waals surface area (Å²) in [4.78, 5) is 67.5. The molecule has 1 unspecified atom stereocenters. The quantitative estimate of drug-likeness (QED) is 0.326. The van der Waals surface area contributed by atoms with Gasteiger partial charge in [0, 0.05) is 26.2 Å². The summed E-state index contributed by atoms with van der Waals surface area (Å²) in [6.45, 7) is 9.60. The van der Waals surface area contributed by atoms with Gasteiger partial charge in [0.05, 0.1) is 12.5 Å². The van der Waals surface area contributed by atoms with Crippen LogP contribution >= 0.6 is 0 Å². The number of hydrogen-bond acceptors (Lipinski definition) is 7. The van der Waals surface area contributed by atoms with Crippen LogP contribution < -0.4 is 21.5 Å². The number of rotatable bonds is 13. The molecule has 0 fully saturated rings. The Morgan fingerprint density at radius 2 is 1.82 bits per heavy atom. The number of aromatic nitrogens is 3. The second-order valence-corrected chi connectivity index (χ2v) is 10.4. The van der Waals surface area contributed by atoms with E-state index in [4.69, 9.17) is 4.74 Å². The summed E-state index contributed by atoms with van der Waals surface area (Å²) in [5, 5.41) is 7.98. The monoisotopic (exact) mass is 544 g/mol. The van der Waals surface area contributed by atoms with Crippen molar-refractivity contribution in [2.75, 3.05) is 11.9 Å². The molecule has 2 aromatic heterocycles. The number of amides is 3. The van der Waals surface area contributed by atoms with Crippen molar-refractivity contribution in [3.63, 3.8) is 0 Å². The maximum atomic E-state index is 13.2. The van der Waals surface area contributed by atoms with E-state index in [1.165, 1.54) is 40.0 Å². The van der Waals surface area contributed by atoms with Gasteiger partial charge in [-0.1, -0.05) is 26.7 Å². The predicted octanol–water partition coefficient (Wildman–Crippen LogP) is 1.99. The maximum absolute atomic E-state index is 13.2. The molecule has 39 heavy (non-hydrogen) atoms. The van der Waals surface area contributed by atoms with Crippen molar-refractivity contribution in [1.82, 2.24) is 24.8 Å². The van der Waals surface area contributed by atoms with Gasteiger partial charge in [-0.3, -0.25) is 24.0 Å². The molecule has 0 bridgehead atoms. The van der Waals surface area contributed by atoms with Crippen LogP contribution in [0.15, 0.2) is 35.6 Å². The van der Waals surface area contributed by atoms with Gasteiger partial charge < -0.3 is 29.8 Å². The molecule has 0 spiro atoms.